The van der Waals surface area contributed by atoms with Crippen LogP contribution in [0.2, 0.25) is 10.0 Å². The third-order valence-corrected chi connectivity index (χ3v) is 3.46. The first-order chi connectivity index (χ1) is 7.75. The van der Waals surface area contributed by atoms with E-state index in [4.69, 9.17) is 27.9 Å². The smallest absolute Gasteiger partial charge is 0.0595 e. The highest BCUT2D eigenvalue weighted by Crippen LogP contribution is 2.24. The van der Waals surface area contributed by atoms with E-state index in [9.17, 15) is 0 Å². The van der Waals surface area contributed by atoms with Crippen molar-refractivity contribution in [3.05, 3.63) is 33.8 Å². The largest absolute Gasteiger partial charge is 0.380 e. The molecule has 1 N–H and O–H groups in total. The van der Waals surface area contributed by atoms with Gasteiger partial charge in [0.25, 0.3) is 0 Å². The molecule has 4 heteroatoms. The monoisotopic (exact) mass is 259 g/mol. The van der Waals surface area contributed by atoms with Gasteiger partial charge in [0.2, 0.25) is 0 Å². The summed E-state index contributed by atoms with van der Waals surface area (Å²) in [5, 5.41) is 4.60. The SMILES string of the molecule is Clc1ccc(CC2CNCCOC2)cc1Cl. The molecular weight excluding hydrogens is 245 g/mol. The molecule has 1 aromatic rings. The number of hydrogen-bond donors (Lipinski definition) is 1. The van der Waals surface area contributed by atoms with Crippen molar-refractivity contribution in [1.82, 2.24) is 5.32 Å². The number of rotatable bonds is 2. The van der Waals surface area contributed by atoms with E-state index in [0.717, 1.165) is 32.7 Å². The van der Waals surface area contributed by atoms with Crippen LogP contribution in [0.5, 0.6) is 0 Å². The van der Waals surface area contributed by atoms with Gasteiger partial charge in [0, 0.05) is 13.1 Å². The molecule has 1 atom stereocenters. The lowest BCUT2D eigenvalue weighted by atomic mass is 10.0. The van der Waals surface area contributed by atoms with Crippen LogP contribution in [0.4, 0.5) is 0 Å². The molecule has 0 aromatic heterocycles. The second-order valence-corrected chi connectivity index (χ2v) is 4.91. The predicted molar refractivity (Wildman–Crippen MR) is 67.3 cm³/mol. The summed E-state index contributed by atoms with van der Waals surface area (Å²) in [6.45, 7) is 3.56. The van der Waals surface area contributed by atoms with Gasteiger partial charge in [0.1, 0.15) is 0 Å². The molecule has 0 aliphatic carbocycles. The van der Waals surface area contributed by atoms with Gasteiger partial charge in [-0.05, 0) is 30.0 Å². The summed E-state index contributed by atoms with van der Waals surface area (Å²) in [4.78, 5) is 0. The molecule has 0 saturated carbocycles. The fourth-order valence-corrected chi connectivity index (χ4v) is 2.21. The Morgan fingerprint density at radius 2 is 2.19 bits per heavy atom. The second kappa shape index (κ2) is 5.87. The maximum Gasteiger partial charge on any atom is 0.0595 e. The molecule has 1 saturated heterocycles. The van der Waals surface area contributed by atoms with Gasteiger partial charge in [-0.15, -0.1) is 0 Å². The van der Waals surface area contributed by atoms with Crippen molar-refractivity contribution in [1.29, 1.82) is 0 Å². The molecule has 1 unspecified atom stereocenters. The van der Waals surface area contributed by atoms with Gasteiger partial charge >= 0.3 is 0 Å². The third kappa shape index (κ3) is 3.36. The van der Waals surface area contributed by atoms with Crippen LogP contribution in [0, 0.1) is 5.92 Å². The first kappa shape index (κ1) is 12.2. The van der Waals surface area contributed by atoms with Crippen molar-refractivity contribution < 1.29 is 4.74 Å². The lowest BCUT2D eigenvalue weighted by Gasteiger charge is -2.13. The van der Waals surface area contributed by atoms with Crippen molar-refractivity contribution >= 4 is 23.2 Å². The van der Waals surface area contributed by atoms with Gasteiger partial charge in [-0.25, -0.2) is 0 Å². The zero-order valence-corrected chi connectivity index (χ0v) is 10.5. The minimum atomic E-state index is 0.514. The Balaban J connectivity index is 1.99. The molecule has 2 rings (SSSR count). The van der Waals surface area contributed by atoms with Gasteiger partial charge < -0.3 is 10.1 Å². The van der Waals surface area contributed by atoms with E-state index in [1.165, 1.54) is 5.56 Å². The minimum Gasteiger partial charge on any atom is -0.380 e. The quantitative estimate of drug-likeness (QED) is 0.882. The van der Waals surface area contributed by atoms with Crippen LogP contribution >= 0.6 is 23.2 Å². The molecule has 88 valence electrons. The maximum atomic E-state index is 5.98. The van der Waals surface area contributed by atoms with Gasteiger partial charge in [0.15, 0.2) is 0 Å². The molecule has 1 aliphatic heterocycles. The Kier molecular flexibility index (Phi) is 4.47. The summed E-state index contributed by atoms with van der Waals surface area (Å²) >= 11 is 11.9. The van der Waals surface area contributed by atoms with Crippen LogP contribution in [0.1, 0.15) is 5.56 Å². The van der Waals surface area contributed by atoms with Gasteiger partial charge in [-0.2, -0.15) is 0 Å². The molecule has 1 aromatic carbocycles. The molecule has 16 heavy (non-hydrogen) atoms. The third-order valence-electron chi connectivity index (χ3n) is 2.72. The number of hydrogen-bond acceptors (Lipinski definition) is 2. The van der Waals surface area contributed by atoms with Crippen LogP contribution in [-0.4, -0.2) is 26.3 Å². The molecule has 1 aliphatic rings. The van der Waals surface area contributed by atoms with Gasteiger partial charge in [-0.1, -0.05) is 29.3 Å². The van der Waals surface area contributed by atoms with E-state index in [1.54, 1.807) is 0 Å². The Hall–Kier alpha value is -0.280. The lowest BCUT2D eigenvalue weighted by Crippen LogP contribution is -2.24. The summed E-state index contributed by atoms with van der Waals surface area (Å²) < 4.78 is 5.51. The zero-order chi connectivity index (χ0) is 11.4. The van der Waals surface area contributed by atoms with Crippen molar-refractivity contribution in [2.75, 3.05) is 26.3 Å². The Morgan fingerprint density at radius 1 is 1.31 bits per heavy atom. The number of nitrogens with one attached hydrogen (secondary N) is 1. The fourth-order valence-electron chi connectivity index (χ4n) is 1.89. The molecule has 2 nitrogen and oxygen atoms in total. The molecule has 0 spiro atoms. The first-order valence-corrected chi connectivity index (χ1v) is 6.23. The molecule has 1 fully saturated rings. The second-order valence-electron chi connectivity index (χ2n) is 4.10. The average Bonchev–Trinajstić information content (AvgIpc) is 2.52. The first-order valence-electron chi connectivity index (χ1n) is 5.48. The number of benzene rings is 1. The lowest BCUT2D eigenvalue weighted by molar-refractivity contribution is 0.123. The van der Waals surface area contributed by atoms with E-state index in [2.05, 4.69) is 5.32 Å². The fraction of sp³-hybridized carbons (Fsp3) is 0.500. The van der Waals surface area contributed by atoms with E-state index in [0.29, 0.717) is 16.0 Å². The standard InChI is InChI=1S/C12H15Cl2NO/c13-11-2-1-9(6-12(11)14)5-10-7-15-3-4-16-8-10/h1-2,6,10,15H,3-5,7-8H2. The summed E-state index contributed by atoms with van der Waals surface area (Å²) in [5.41, 5.74) is 1.21. The topological polar surface area (TPSA) is 21.3 Å². The van der Waals surface area contributed by atoms with Crippen LogP contribution in [0.3, 0.4) is 0 Å². The molecular formula is C12H15Cl2NO. The Bertz CT molecular complexity index is 349. The average molecular weight is 260 g/mol. The number of ether oxygens (including phenoxy) is 1. The van der Waals surface area contributed by atoms with Gasteiger partial charge in [-0.3, -0.25) is 0 Å². The van der Waals surface area contributed by atoms with E-state index < -0.39 is 0 Å². The maximum absolute atomic E-state index is 5.98. The highest BCUT2D eigenvalue weighted by Gasteiger charge is 2.13. The Morgan fingerprint density at radius 3 is 3.00 bits per heavy atom. The zero-order valence-electron chi connectivity index (χ0n) is 9.01. The molecule has 0 amide bonds. The van der Waals surface area contributed by atoms with E-state index in [1.807, 2.05) is 18.2 Å². The molecule has 0 radical (unpaired) electrons. The highest BCUT2D eigenvalue weighted by atomic mass is 35.5. The van der Waals surface area contributed by atoms with Gasteiger partial charge in [0.05, 0.1) is 23.3 Å². The summed E-state index contributed by atoms with van der Waals surface area (Å²) in [5.74, 6) is 0.514. The van der Waals surface area contributed by atoms with Crippen molar-refractivity contribution in [2.24, 2.45) is 5.92 Å². The summed E-state index contributed by atoms with van der Waals surface area (Å²) in [6, 6.07) is 5.82. The van der Waals surface area contributed by atoms with Crippen LogP contribution in [0.15, 0.2) is 18.2 Å². The highest BCUT2D eigenvalue weighted by molar-refractivity contribution is 6.42. The van der Waals surface area contributed by atoms with Crippen molar-refractivity contribution in [2.45, 2.75) is 6.42 Å². The molecule has 0 bridgehead atoms. The number of halogens is 2. The van der Waals surface area contributed by atoms with E-state index in [-0.39, 0.29) is 0 Å². The summed E-state index contributed by atoms with van der Waals surface area (Å²) in [6.07, 6.45) is 0.976. The molecule has 1 heterocycles. The normalized spacial score (nSPS) is 21.8. The predicted octanol–water partition coefficient (Wildman–Crippen LogP) is 2.77. The summed E-state index contributed by atoms with van der Waals surface area (Å²) in [7, 11) is 0. The van der Waals surface area contributed by atoms with Crippen LogP contribution in [0.25, 0.3) is 0 Å². The minimum absolute atomic E-state index is 0.514. The van der Waals surface area contributed by atoms with Crippen LogP contribution < -0.4 is 5.32 Å². The Labute approximate surface area is 106 Å². The van der Waals surface area contributed by atoms with Crippen LogP contribution in [-0.2, 0) is 11.2 Å². The van der Waals surface area contributed by atoms with Crippen molar-refractivity contribution in [3.8, 4) is 0 Å². The van der Waals surface area contributed by atoms with Crippen molar-refractivity contribution in [3.63, 3.8) is 0 Å². The van der Waals surface area contributed by atoms with E-state index >= 15 is 0 Å².